The summed E-state index contributed by atoms with van der Waals surface area (Å²) in [5.41, 5.74) is 0.628. The van der Waals surface area contributed by atoms with Crippen LogP contribution in [0.3, 0.4) is 0 Å². The van der Waals surface area contributed by atoms with Crippen LogP contribution in [0, 0.1) is 0 Å². The molecular weight excluding hydrogens is 343 g/mol. The number of carbonyl (C=O) groups is 1. The molecule has 0 spiro atoms. The molecule has 23 heavy (non-hydrogen) atoms. The van der Waals surface area contributed by atoms with Crippen molar-refractivity contribution in [3.8, 4) is 5.82 Å². The average molecular weight is 361 g/mol. The van der Waals surface area contributed by atoms with Gasteiger partial charge in [-0.15, -0.1) is 24.8 Å². The molecule has 0 saturated carbocycles. The van der Waals surface area contributed by atoms with Gasteiger partial charge < -0.3 is 15.4 Å². The highest BCUT2D eigenvalue weighted by molar-refractivity contribution is 5.95. The molecule has 8 nitrogen and oxygen atoms in total. The van der Waals surface area contributed by atoms with Gasteiger partial charge in [0.05, 0.1) is 24.6 Å². The zero-order chi connectivity index (χ0) is 14.7. The number of anilines is 1. The summed E-state index contributed by atoms with van der Waals surface area (Å²) in [4.78, 5) is 20.3. The van der Waals surface area contributed by atoms with Gasteiger partial charge in [-0.2, -0.15) is 5.10 Å². The van der Waals surface area contributed by atoms with Gasteiger partial charge in [-0.1, -0.05) is 0 Å². The molecular formula is C13H18Cl2N6O2. The number of hydrogen-bond donors (Lipinski definition) is 2. The number of halogens is 2. The number of aromatic nitrogens is 4. The summed E-state index contributed by atoms with van der Waals surface area (Å²) in [6.45, 7) is 3.17. The van der Waals surface area contributed by atoms with Crippen molar-refractivity contribution in [1.29, 1.82) is 0 Å². The highest BCUT2D eigenvalue weighted by Crippen LogP contribution is 2.11. The Morgan fingerprint density at radius 2 is 2.26 bits per heavy atom. The lowest BCUT2D eigenvalue weighted by molar-refractivity contribution is -0.123. The maximum Gasteiger partial charge on any atom is 0.244 e. The molecule has 3 rings (SSSR count). The van der Waals surface area contributed by atoms with Crippen LogP contribution in [0.2, 0.25) is 0 Å². The van der Waals surface area contributed by atoms with Crippen LogP contribution in [0.4, 0.5) is 5.69 Å². The quantitative estimate of drug-likeness (QED) is 0.841. The van der Waals surface area contributed by atoms with E-state index in [1.807, 2.05) is 6.92 Å². The molecule has 2 N–H and O–H groups in total. The zero-order valence-electron chi connectivity index (χ0n) is 12.4. The molecule has 1 fully saturated rings. The Morgan fingerprint density at radius 1 is 1.43 bits per heavy atom. The van der Waals surface area contributed by atoms with Gasteiger partial charge in [0.1, 0.15) is 18.7 Å². The van der Waals surface area contributed by atoms with Gasteiger partial charge in [-0.3, -0.25) is 4.79 Å². The first-order chi connectivity index (χ1) is 10.2. The van der Waals surface area contributed by atoms with E-state index >= 15 is 0 Å². The predicted molar refractivity (Wildman–Crippen MR) is 89.5 cm³/mol. The van der Waals surface area contributed by atoms with Crippen LogP contribution in [-0.4, -0.2) is 51.0 Å². The van der Waals surface area contributed by atoms with Gasteiger partial charge in [0.2, 0.25) is 5.91 Å². The first-order valence-corrected chi connectivity index (χ1v) is 6.71. The minimum atomic E-state index is -0.353. The second-order valence-corrected chi connectivity index (χ2v) is 4.74. The number of nitrogens with one attached hydrogen (secondary N) is 2. The van der Waals surface area contributed by atoms with E-state index in [0.29, 0.717) is 24.7 Å². The van der Waals surface area contributed by atoms with Crippen LogP contribution in [0.1, 0.15) is 6.92 Å². The lowest BCUT2D eigenvalue weighted by atomic mass is 10.1. The summed E-state index contributed by atoms with van der Waals surface area (Å²) in [7, 11) is 0. The third kappa shape index (κ3) is 4.61. The number of hydrogen-bond acceptors (Lipinski definition) is 6. The van der Waals surface area contributed by atoms with Gasteiger partial charge in [-0.25, -0.2) is 14.6 Å². The SMILES string of the molecule is C[C@H]1OCCN[C@@H]1C(=O)Nc1ccc(-n2cncn2)nc1.Cl.Cl. The fourth-order valence-electron chi connectivity index (χ4n) is 2.17. The van der Waals surface area contributed by atoms with Crippen molar-refractivity contribution in [2.45, 2.75) is 19.1 Å². The molecule has 0 aromatic carbocycles. The van der Waals surface area contributed by atoms with E-state index in [0.717, 1.165) is 0 Å². The van der Waals surface area contributed by atoms with E-state index in [4.69, 9.17) is 4.74 Å². The smallest absolute Gasteiger partial charge is 0.244 e. The van der Waals surface area contributed by atoms with Crippen LogP contribution < -0.4 is 10.6 Å². The fraction of sp³-hybridized carbons (Fsp3) is 0.385. The number of ether oxygens (including phenoxy) is 1. The monoisotopic (exact) mass is 360 g/mol. The molecule has 2 aromatic rings. The molecule has 1 aliphatic heterocycles. The Kier molecular flexibility index (Phi) is 7.37. The maximum absolute atomic E-state index is 12.2. The van der Waals surface area contributed by atoms with Crippen molar-refractivity contribution in [3.05, 3.63) is 31.0 Å². The number of rotatable bonds is 3. The molecule has 2 aromatic heterocycles. The number of amides is 1. The highest BCUT2D eigenvalue weighted by atomic mass is 35.5. The Balaban J connectivity index is 0.00000132. The molecule has 126 valence electrons. The maximum atomic E-state index is 12.2. The largest absolute Gasteiger partial charge is 0.375 e. The zero-order valence-corrected chi connectivity index (χ0v) is 14.0. The first-order valence-electron chi connectivity index (χ1n) is 6.71. The molecule has 2 atom stereocenters. The summed E-state index contributed by atoms with van der Waals surface area (Å²) in [6.07, 6.45) is 4.43. The van der Waals surface area contributed by atoms with Gasteiger partial charge in [0, 0.05) is 6.54 Å². The van der Waals surface area contributed by atoms with Crippen LogP contribution in [-0.2, 0) is 9.53 Å². The topological polar surface area (TPSA) is 94.0 Å². The van der Waals surface area contributed by atoms with Gasteiger partial charge in [0.25, 0.3) is 0 Å². The number of morpholine rings is 1. The third-order valence-electron chi connectivity index (χ3n) is 3.27. The van der Waals surface area contributed by atoms with E-state index in [2.05, 4.69) is 25.7 Å². The first kappa shape index (κ1) is 19.3. The average Bonchev–Trinajstić information content (AvgIpc) is 3.02. The second-order valence-electron chi connectivity index (χ2n) is 4.74. The van der Waals surface area contributed by atoms with Gasteiger partial charge >= 0.3 is 0 Å². The highest BCUT2D eigenvalue weighted by Gasteiger charge is 2.28. The summed E-state index contributed by atoms with van der Waals surface area (Å²) in [5, 5.41) is 9.96. The molecule has 10 heteroatoms. The molecule has 1 saturated heterocycles. The number of carbonyl (C=O) groups excluding carboxylic acids is 1. The van der Waals surface area contributed by atoms with Gasteiger partial charge in [0.15, 0.2) is 5.82 Å². The van der Waals surface area contributed by atoms with Crippen molar-refractivity contribution < 1.29 is 9.53 Å². The van der Waals surface area contributed by atoms with Crippen LogP contribution in [0.15, 0.2) is 31.0 Å². The van der Waals surface area contributed by atoms with Crippen LogP contribution in [0.25, 0.3) is 5.82 Å². The van der Waals surface area contributed by atoms with E-state index in [9.17, 15) is 4.79 Å². The molecule has 0 unspecified atom stereocenters. The minimum absolute atomic E-state index is 0. The Labute approximate surface area is 145 Å². The second kappa shape index (κ2) is 8.78. The number of pyridine rings is 1. The lowest BCUT2D eigenvalue weighted by Crippen LogP contribution is -2.53. The third-order valence-corrected chi connectivity index (χ3v) is 3.27. The van der Waals surface area contributed by atoms with Crippen LogP contribution in [0.5, 0.6) is 0 Å². The Morgan fingerprint density at radius 3 is 2.87 bits per heavy atom. The number of nitrogens with zero attached hydrogens (tertiary/aromatic N) is 4. The van der Waals surface area contributed by atoms with Gasteiger partial charge in [-0.05, 0) is 19.1 Å². The molecule has 0 bridgehead atoms. The Hall–Kier alpha value is -1.74. The van der Waals surface area contributed by atoms with Crippen molar-refractivity contribution in [3.63, 3.8) is 0 Å². The molecule has 3 heterocycles. The fourth-order valence-corrected chi connectivity index (χ4v) is 2.17. The van der Waals surface area contributed by atoms with E-state index < -0.39 is 0 Å². The summed E-state index contributed by atoms with van der Waals surface area (Å²) in [6, 6.07) is 3.18. The van der Waals surface area contributed by atoms with Crippen LogP contribution >= 0.6 is 24.8 Å². The molecule has 1 aliphatic rings. The summed E-state index contributed by atoms with van der Waals surface area (Å²) >= 11 is 0. The standard InChI is InChI=1S/C13H16N6O2.2ClH/c1-9-12(15-4-5-21-9)13(20)18-10-2-3-11(16-6-10)19-8-14-7-17-19;;/h2-3,6-9,12,15H,4-5H2,1H3,(H,18,20);2*1H/t9-,12+;;/m1../s1. The van der Waals surface area contributed by atoms with E-state index in [-0.39, 0.29) is 42.9 Å². The molecule has 0 aliphatic carbocycles. The summed E-state index contributed by atoms with van der Waals surface area (Å²) in [5.74, 6) is 0.510. The summed E-state index contributed by atoms with van der Waals surface area (Å²) < 4.78 is 7.01. The van der Waals surface area contributed by atoms with Crippen molar-refractivity contribution in [2.24, 2.45) is 0 Å². The van der Waals surface area contributed by atoms with Crippen molar-refractivity contribution in [2.75, 3.05) is 18.5 Å². The Bertz CT molecular complexity index is 607. The normalized spacial score (nSPS) is 20.0. The molecule has 0 radical (unpaired) electrons. The van der Waals surface area contributed by atoms with Crippen molar-refractivity contribution >= 4 is 36.4 Å². The lowest BCUT2D eigenvalue weighted by Gasteiger charge is -2.29. The van der Waals surface area contributed by atoms with E-state index in [1.165, 1.54) is 6.33 Å². The minimum Gasteiger partial charge on any atom is -0.375 e. The van der Waals surface area contributed by atoms with Crippen molar-refractivity contribution in [1.82, 2.24) is 25.1 Å². The van der Waals surface area contributed by atoms with E-state index in [1.54, 1.807) is 29.3 Å². The molecule has 1 amide bonds. The predicted octanol–water partition coefficient (Wildman–Crippen LogP) is 0.821.